The van der Waals surface area contributed by atoms with Gasteiger partial charge in [-0.3, -0.25) is 0 Å². The maximum atomic E-state index is 9.41. The molecule has 1 aromatic carbocycles. The lowest BCUT2D eigenvalue weighted by Crippen LogP contribution is -1.84. The van der Waals surface area contributed by atoms with Crippen LogP contribution in [0.4, 0.5) is 0 Å². The molecule has 0 bridgehead atoms. The molecule has 14 heavy (non-hydrogen) atoms. The van der Waals surface area contributed by atoms with Gasteiger partial charge in [0, 0.05) is 17.6 Å². The van der Waals surface area contributed by atoms with E-state index in [2.05, 4.69) is 0 Å². The average molecular weight is 189 g/mol. The number of nitrogens with zero attached hydrogens (tertiary/aromatic N) is 1. The molecule has 0 aliphatic rings. The quantitative estimate of drug-likeness (QED) is 0.533. The second-order valence-corrected chi connectivity index (χ2v) is 3.19. The van der Waals surface area contributed by atoms with Gasteiger partial charge >= 0.3 is 0 Å². The van der Waals surface area contributed by atoms with Crippen molar-refractivity contribution < 1.29 is 14.7 Å². The average Bonchev–Trinajstić information content (AvgIpc) is 2.71. The molecule has 0 saturated heterocycles. The van der Waals surface area contributed by atoms with Crippen LogP contribution in [0, 0.1) is 0 Å². The Kier molecular flexibility index (Phi) is 1.16. The molecule has 4 heteroatoms. The van der Waals surface area contributed by atoms with Crippen LogP contribution < -0.4 is 0 Å². The van der Waals surface area contributed by atoms with Crippen LogP contribution in [0.1, 0.15) is 0 Å². The number of fused-ring (bicyclic) bond motifs is 2. The maximum Gasteiger partial charge on any atom is 0.161 e. The highest BCUT2D eigenvalue weighted by molar-refractivity contribution is 5.97. The zero-order chi connectivity index (χ0) is 9.71. The molecule has 0 aliphatic heterocycles. The van der Waals surface area contributed by atoms with Crippen LogP contribution in [0.3, 0.4) is 0 Å². The van der Waals surface area contributed by atoms with Crippen molar-refractivity contribution in [2.24, 2.45) is 0 Å². The Balaban J connectivity index is 2.56. The van der Waals surface area contributed by atoms with E-state index in [9.17, 15) is 10.3 Å². The summed E-state index contributed by atoms with van der Waals surface area (Å²) in [5.41, 5.74) is 1.22. The lowest BCUT2D eigenvalue weighted by molar-refractivity contribution is 0.200. The Morgan fingerprint density at radius 3 is 3.00 bits per heavy atom. The summed E-state index contributed by atoms with van der Waals surface area (Å²) in [6, 6.07) is 5.22. The Bertz CT molecular complexity index is 564. The number of aromatic nitrogens is 1. The van der Waals surface area contributed by atoms with Crippen molar-refractivity contribution in [3.05, 3.63) is 30.7 Å². The number of hydrogen-bond acceptors (Lipinski definition) is 3. The standard InChI is InChI=1S/C10H7NO3/c12-9-5-14-10-4-8-6(3-7(9)10)1-2-11(8)13/h1-5,12-13H. The number of rotatable bonds is 0. The van der Waals surface area contributed by atoms with Crippen molar-refractivity contribution in [3.63, 3.8) is 0 Å². The minimum Gasteiger partial charge on any atom is -0.504 e. The van der Waals surface area contributed by atoms with E-state index < -0.39 is 0 Å². The van der Waals surface area contributed by atoms with Crippen LogP contribution in [0.25, 0.3) is 21.9 Å². The van der Waals surface area contributed by atoms with Crippen molar-refractivity contribution in [1.29, 1.82) is 0 Å². The second-order valence-electron chi connectivity index (χ2n) is 3.19. The van der Waals surface area contributed by atoms with Crippen LogP contribution in [-0.4, -0.2) is 15.0 Å². The second kappa shape index (κ2) is 2.23. The predicted molar refractivity (Wildman–Crippen MR) is 50.6 cm³/mol. The third-order valence-corrected chi connectivity index (χ3v) is 2.34. The van der Waals surface area contributed by atoms with Gasteiger partial charge in [-0.05, 0) is 12.1 Å². The molecule has 0 radical (unpaired) electrons. The van der Waals surface area contributed by atoms with Gasteiger partial charge in [0.25, 0.3) is 0 Å². The minimum atomic E-state index is 0.118. The molecule has 4 nitrogen and oxygen atoms in total. The molecule has 2 aromatic heterocycles. The van der Waals surface area contributed by atoms with Crippen molar-refractivity contribution in [2.45, 2.75) is 0 Å². The van der Waals surface area contributed by atoms with Crippen molar-refractivity contribution in [1.82, 2.24) is 4.73 Å². The molecule has 0 unspecified atom stereocenters. The van der Waals surface area contributed by atoms with E-state index in [4.69, 9.17) is 4.42 Å². The molecule has 0 aliphatic carbocycles. The lowest BCUT2D eigenvalue weighted by Gasteiger charge is -1.94. The fourth-order valence-electron chi connectivity index (χ4n) is 1.63. The molecule has 2 heterocycles. The zero-order valence-electron chi connectivity index (χ0n) is 7.14. The van der Waals surface area contributed by atoms with Crippen LogP contribution in [0.15, 0.2) is 35.1 Å². The Morgan fingerprint density at radius 1 is 1.29 bits per heavy atom. The summed E-state index contributed by atoms with van der Waals surface area (Å²) in [6.45, 7) is 0. The molecule has 0 fully saturated rings. The van der Waals surface area contributed by atoms with E-state index in [1.54, 1.807) is 24.4 Å². The van der Waals surface area contributed by atoms with Crippen molar-refractivity contribution >= 4 is 21.9 Å². The molecule has 0 saturated carbocycles. The largest absolute Gasteiger partial charge is 0.504 e. The predicted octanol–water partition coefficient (Wildman–Crippen LogP) is 2.33. The molecule has 0 amide bonds. The summed E-state index contributed by atoms with van der Waals surface area (Å²) >= 11 is 0. The first-order valence-electron chi connectivity index (χ1n) is 4.16. The van der Waals surface area contributed by atoms with Crippen LogP contribution in [0.2, 0.25) is 0 Å². The first kappa shape index (κ1) is 7.32. The van der Waals surface area contributed by atoms with Gasteiger partial charge in [0.05, 0.1) is 10.9 Å². The molecule has 0 atom stereocenters. The van der Waals surface area contributed by atoms with Crippen molar-refractivity contribution in [3.8, 4) is 5.75 Å². The number of furan rings is 1. The summed E-state index contributed by atoms with van der Waals surface area (Å²) in [5.74, 6) is 0.118. The molecular weight excluding hydrogens is 182 g/mol. The molecule has 3 rings (SSSR count). The van der Waals surface area contributed by atoms with E-state index >= 15 is 0 Å². The SMILES string of the molecule is Oc1coc2cc3c(ccn3O)cc12. The number of benzene rings is 1. The highest BCUT2D eigenvalue weighted by Crippen LogP contribution is 2.30. The smallest absolute Gasteiger partial charge is 0.161 e. The summed E-state index contributed by atoms with van der Waals surface area (Å²) in [6.07, 6.45) is 2.83. The summed E-state index contributed by atoms with van der Waals surface area (Å²) in [7, 11) is 0. The summed E-state index contributed by atoms with van der Waals surface area (Å²) in [5, 5.41) is 20.3. The zero-order valence-corrected chi connectivity index (χ0v) is 7.14. The molecule has 0 spiro atoms. The van der Waals surface area contributed by atoms with Crippen molar-refractivity contribution in [2.75, 3.05) is 0 Å². The van der Waals surface area contributed by atoms with Gasteiger partial charge in [-0.15, -0.1) is 0 Å². The third-order valence-electron chi connectivity index (χ3n) is 2.34. The summed E-state index contributed by atoms with van der Waals surface area (Å²) < 4.78 is 6.13. The van der Waals surface area contributed by atoms with Crippen LogP contribution in [0.5, 0.6) is 5.75 Å². The summed E-state index contributed by atoms with van der Waals surface area (Å²) in [4.78, 5) is 0. The first-order valence-corrected chi connectivity index (χ1v) is 4.16. The Labute approximate surface area is 78.6 Å². The highest BCUT2D eigenvalue weighted by atomic mass is 16.5. The molecule has 2 N–H and O–H groups in total. The van der Waals surface area contributed by atoms with Gasteiger partial charge in [-0.1, -0.05) is 0 Å². The molecule has 70 valence electrons. The highest BCUT2D eigenvalue weighted by Gasteiger charge is 2.08. The van der Waals surface area contributed by atoms with E-state index in [1.807, 2.05) is 0 Å². The van der Waals surface area contributed by atoms with E-state index in [1.165, 1.54) is 6.26 Å². The van der Waals surface area contributed by atoms with E-state index in [0.717, 1.165) is 10.1 Å². The lowest BCUT2D eigenvalue weighted by atomic mass is 10.2. The monoisotopic (exact) mass is 189 g/mol. The minimum absolute atomic E-state index is 0.118. The van der Waals surface area contributed by atoms with Gasteiger partial charge in [0.1, 0.15) is 11.8 Å². The van der Waals surface area contributed by atoms with Gasteiger partial charge in [-0.2, -0.15) is 4.73 Å². The normalized spacial score (nSPS) is 11.4. The van der Waals surface area contributed by atoms with Gasteiger partial charge < -0.3 is 14.7 Å². The van der Waals surface area contributed by atoms with E-state index in [-0.39, 0.29) is 5.75 Å². The van der Waals surface area contributed by atoms with Gasteiger partial charge in [0.15, 0.2) is 5.75 Å². The van der Waals surface area contributed by atoms with Gasteiger partial charge in [-0.25, -0.2) is 0 Å². The maximum absolute atomic E-state index is 9.41. The Hall–Kier alpha value is -2.10. The Morgan fingerprint density at radius 2 is 2.14 bits per heavy atom. The third kappa shape index (κ3) is 0.771. The van der Waals surface area contributed by atoms with Crippen LogP contribution >= 0.6 is 0 Å². The number of hydrogen-bond donors (Lipinski definition) is 2. The molecular formula is C10H7NO3. The van der Waals surface area contributed by atoms with Gasteiger partial charge in [0.2, 0.25) is 0 Å². The fourth-order valence-corrected chi connectivity index (χ4v) is 1.63. The fraction of sp³-hybridized carbons (Fsp3) is 0. The molecule has 3 aromatic rings. The topological polar surface area (TPSA) is 58.5 Å². The van der Waals surface area contributed by atoms with E-state index in [0.29, 0.717) is 16.5 Å². The first-order chi connectivity index (χ1) is 6.75. The van der Waals surface area contributed by atoms with Crippen LogP contribution in [-0.2, 0) is 0 Å². The number of aromatic hydroxyl groups is 1.